The number of halogens is 1. The van der Waals surface area contributed by atoms with Crippen molar-refractivity contribution < 1.29 is 19.2 Å². The van der Waals surface area contributed by atoms with E-state index in [1.807, 2.05) is 0 Å². The van der Waals surface area contributed by atoms with E-state index < -0.39 is 22.3 Å². The van der Waals surface area contributed by atoms with Crippen LogP contribution in [0.15, 0.2) is 18.2 Å². The number of carbonyl (C=O) groups is 1. The van der Waals surface area contributed by atoms with Gasteiger partial charge in [0, 0.05) is 12.6 Å². The standard InChI is InChI=1S/C13H15FN2O4/c14-12-7-9(16(19)20)4-5-11(12)13(18)15-6-2-1-3-10(15)8-17/h4-5,7,10,17H,1-3,6,8H2/t10-/m1/s1. The number of non-ortho nitro benzene ring substituents is 1. The average molecular weight is 282 g/mol. The van der Waals surface area contributed by atoms with Gasteiger partial charge in [-0.3, -0.25) is 14.9 Å². The predicted molar refractivity (Wildman–Crippen MR) is 68.8 cm³/mol. The number of nitro groups is 1. The largest absolute Gasteiger partial charge is 0.394 e. The Hall–Kier alpha value is -2.02. The molecule has 6 nitrogen and oxygen atoms in total. The number of nitro benzene ring substituents is 1. The number of likely N-dealkylation sites (tertiary alicyclic amines) is 1. The SMILES string of the molecule is O=C(c1ccc([N+](=O)[O-])cc1F)N1CCCC[C@@H]1CO. The molecular weight excluding hydrogens is 267 g/mol. The van der Waals surface area contributed by atoms with Gasteiger partial charge in [-0.15, -0.1) is 0 Å². The van der Waals surface area contributed by atoms with E-state index in [1.165, 1.54) is 4.90 Å². The summed E-state index contributed by atoms with van der Waals surface area (Å²) < 4.78 is 13.8. The van der Waals surface area contributed by atoms with Gasteiger partial charge < -0.3 is 10.0 Å². The number of benzene rings is 1. The van der Waals surface area contributed by atoms with Gasteiger partial charge >= 0.3 is 0 Å². The number of nitrogens with zero attached hydrogens (tertiary/aromatic N) is 2. The molecule has 0 unspecified atom stereocenters. The maximum atomic E-state index is 13.8. The van der Waals surface area contributed by atoms with Crippen LogP contribution in [0.5, 0.6) is 0 Å². The van der Waals surface area contributed by atoms with Crippen LogP contribution in [0.2, 0.25) is 0 Å². The molecule has 1 aromatic rings. The van der Waals surface area contributed by atoms with E-state index in [-0.39, 0.29) is 18.2 Å². The summed E-state index contributed by atoms with van der Waals surface area (Å²) >= 11 is 0. The molecule has 0 aliphatic carbocycles. The fraction of sp³-hybridized carbons (Fsp3) is 0.462. The van der Waals surface area contributed by atoms with Crippen molar-refractivity contribution in [2.45, 2.75) is 25.3 Å². The second-order valence-corrected chi connectivity index (χ2v) is 4.75. The summed E-state index contributed by atoms with van der Waals surface area (Å²) in [6.07, 6.45) is 2.39. The van der Waals surface area contributed by atoms with Gasteiger partial charge in [0.05, 0.1) is 29.2 Å². The van der Waals surface area contributed by atoms with Crippen molar-refractivity contribution in [2.24, 2.45) is 0 Å². The van der Waals surface area contributed by atoms with Gasteiger partial charge in [0.25, 0.3) is 11.6 Å². The minimum atomic E-state index is -0.911. The zero-order chi connectivity index (χ0) is 14.7. The fourth-order valence-electron chi connectivity index (χ4n) is 2.40. The van der Waals surface area contributed by atoms with E-state index >= 15 is 0 Å². The minimum absolute atomic E-state index is 0.166. The smallest absolute Gasteiger partial charge is 0.272 e. The van der Waals surface area contributed by atoms with E-state index in [2.05, 4.69) is 0 Å². The van der Waals surface area contributed by atoms with Gasteiger partial charge in [-0.1, -0.05) is 0 Å². The Labute approximate surface area is 115 Å². The molecule has 2 rings (SSSR count). The van der Waals surface area contributed by atoms with Crippen LogP contribution in [0.3, 0.4) is 0 Å². The summed E-state index contributed by atoms with van der Waals surface area (Å²) in [5.74, 6) is -1.44. The summed E-state index contributed by atoms with van der Waals surface area (Å²) in [4.78, 5) is 23.5. The highest BCUT2D eigenvalue weighted by Gasteiger charge is 2.29. The molecule has 0 bridgehead atoms. The first kappa shape index (κ1) is 14.4. The quantitative estimate of drug-likeness (QED) is 0.676. The van der Waals surface area contributed by atoms with Crippen molar-refractivity contribution in [1.29, 1.82) is 0 Å². The zero-order valence-electron chi connectivity index (χ0n) is 10.8. The number of aliphatic hydroxyl groups excluding tert-OH is 1. The first-order chi connectivity index (χ1) is 9.54. The summed E-state index contributed by atoms with van der Waals surface area (Å²) in [6, 6.07) is 2.66. The lowest BCUT2D eigenvalue weighted by molar-refractivity contribution is -0.385. The van der Waals surface area contributed by atoms with Crippen molar-refractivity contribution in [2.75, 3.05) is 13.2 Å². The lowest BCUT2D eigenvalue weighted by atomic mass is 10.0. The van der Waals surface area contributed by atoms with Gasteiger partial charge in [-0.25, -0.2) is 4.39 Å². The molecule has 7 heteroatoms. The zero-order valence-corrected chi connectivity index (χ0v) is 10.8. The van der Waals surface area contributed by atoms with Gasteiger partial charge in [-0.05, 0) is 25.3 Å². The lowest BCUT2D eigenvalue weighted by Gasteiger charge is -2.34. The Morgan fingerprint density at radius 3 is 2.85 bits per heavy atom. The van der Waals surface area contributed by atoms with Crippen LogP contribution in [-0.2, 0) is 0 Å². The molecule has 0 radical (unpaired) electrons. The molecule has 108 valence electrons. The molecule has 0 aromatic heterocycles. The molecule has 0 spiro atoms. The Balaban J connectivity index is 2.26. The molecule has 1 fully saturated rings. The summed E-state index contributed by atoms with van der Waals surface area (Å²) in [5, 5.41) is 19.8. The predicted octanol–water partition coefficient (Wildman–Crippen LogP) is 1.72. The van der Waals surface area contributed by atoms with Crippen molar-refractivity contribution in [3.8, 4) is 0 Å². The molecule has 1 N–H and O–H groups in total. The summed E-state index contributed by atoms with van der Waals surface area (Å²) in [7, 11) is 0. The maximum absolute atomic E-state index is 13.8. The Morgan fingerprint density at radius 2 is 2.25 bits per heavy atom. The molecule has 1 saturated heterocycles. The number of hydrogen-bond acceptors (Lipinski definition) is 4. The van der Waals surface area contributed by atoms with Crippen LogP contribution >= 0.6 is 0 Å². The average Bonchev–Trinajstić information content (AvgIpc) is 2.46. The monoisotopic (exact) mass is 282 g/mol. The highest BCUT2D eigenvalue weighted by Crippen LogP contribution is 2.22. The van der Waals surface area contributed by atoms with Crippen LogP contribution in [0.1, 0.15) is 29.6 Å². The number of carbonyl (C=O) groups excluding carboxylic acids is 1. The molecule has 1 amide bonds. The van der Waals surface area contributed by atoms with Crippen molar-refractivity contribution in [3.63, 3.8) is 0 Å². The van der Waals surface area contributed by atoms with Crippen LogP contribution in [0.4, 0.5) is 10.1 Å². The molecule has 20 heavy (non-hydrogen) atoms. The lowest BCUT2D eigenvalue weighted by Crippen LogP contribution is -2.45. The number of piperidine rings is 1. The van der Waals surface area contributed by atoms with Gasteiger partial charge in [0.1, 0.15) is 5.82 Å². The Morgan fingerprint density at radius 1 is 1.50 bits per heavy atom. The molecule has 0 saturated carbocycles. The molecule has 1 atom stereocenters. The second kappa shape index (κ2) is 5.96. The molecule has 1 heterocycles. The number of hydrogen-bond donors (Lipinski definition) is 1. The first-order valence-corrected chi connectivity index (χ1v) is 6.40. The highest BCUT2D eigenvalue weighted by atomic mass is 19.1. The van der Waals surface area contributed by atoms with Gasteiger partial charge in [0.2, 0.25) is 0 Å². The van der Waals surface area contributed by atoms with Crippen LogP contribution < -0.4 is 0 Å². The molecule has 1 aliphatic heterocycles. The minimum Gasteiger partial charge on any atom is -0.394 e. The Kier molecular flexibility index (Phi) is 4.29. The maximum Gasteiger partial charge on any atom is 0.272 e. The van der Waals surface area contributed by atoms with Crippen molar-refractivity contribution in [3.05, 3.63) is 39.7 Å². The van der Waals surface area contributed by atoms with E-state index in [0.29, 0.717) is 13.0 Å². The van der Waals surface area contributed by atoms with Crippen molar-refractivity contribution >= 4 is 11.6 Å². The molecule has 1 aromatic carbocycles. The third kappa shape index (κ3) is 2.77. The molecule has 1 aliphatic rings. The number of rotatable bonds is 3. The Bertz CT molecular complexity index is 535. The van der Waals surface area contributed by atoms with E-state index in [9.17, 15) is 24.4 Å². The normalized spacial score (nSPS) is 18.9. The van der Waals surface area contributed by atoms with Crippen LogP contribution in [0, 0.1) is 15.9 Å². The first-order valence-electron chi connectivity index (χ1n) is 6.40. The van der Waals surface area contributed by atoms with E-state index in [1.54, 1.807) is 0 Å². The highest BCUT2D eigenvalue weighted by molar-refractivity contribution is 5.95. The van der Waals surface area contributed by atoms with Crippen LogP contribution in [-0.4, -0.2) is 40.0 Å². The number of amides is 1. The third-order valence-corrected chi connectivity index (χ3v) is 3.49. The van der Waals surface area contributed by atoms with E-state index in [0.717, 1.165) is 31.0 Å². The van der Waals surface area contributed by atoms with Crippen LogP contribution in [0.25, 0.3) is 0 Å². The topological polar surface area (TPSA) is 83.7 Å². The van der Waals surface area contributed by atoms with Gasteiger partial charge in [0.15, 0.2) is 0 Å². The van der Waals surface area contributed by atoms with Gasteiger partial charge in [-0.2, -0.15) is 0 Å². The summed E-state index contributed by atoms with van der Waals surface area (Å²) in [6.45, 7) is 0.292. The molecular formula is C13H15FN2O4. The fourth-order valence-corrected chi connectivity index (χ4v) is 2.40. The third-order valence-electron chi connectivity index (χ3n) is 3.49. The number of aliphatic hydroxyl groups is 1. The summed E-state index contributed by atoms with van der Waals surface area (Å²) in [5.41, 5.74) is -0.590. The van der Waals surface area contributed by atoms with E-state index in [4.69, 9.17) is 0 Å². The second-order valence-electron chi connectivity index (χ2n) is 4.75. The van der Waals surface area contributed by atoms with Crippen molar-refractivity contribution in [1.82, 2.24) is 4.90 Å².